The second-order valence-electron chi connectivity index (χ2n) is 9.84. The van der Waals surface area contributed by atoms with Crippen molar-refractivity contribution >= 4 is 21.5 Å². The molecule has 167 valence electrons. The van der Waals surface area contributed by atoms with E-state index in [1.54, 1.807) is 0 Å². The Labute approximate surface area is 210 Å². The topological polar surface area (TPSA) is 12.9 Å². The summed E-state index contributed by atoms with van der Waals surface area (Å²) < 4.78 is 0. The molecule has 5 rings (SSSR count). The first-order chi connectivity index (χ1) is 15.3. The Balaban J connectivity index is 0.00000259. The van der Waals surface area contributed by atoms with Crippen LogP contribution >= 0.6 is 0 Å². The normalized spacial score (nSPS) is 11.5. The zero-order chi connectivity index (χ0) is 22.5. The monoisotopic (exact) mass is 607 g/mol. The molecule has 0 aliphatic rings. The third-order valence-electron chi connectivity index (χ3n) is 6.26. The summed E-state index contributed by atoms with van der Waals surface area (Å²) in [6.45, 7) is 11.0. The second kappa shape index (κ2) is 8.86. The Morgan fingerprint density at radius 3 is 2.15 bits per heavy atom. The fourth-order valence-electron chi connectivity index (χ4n) is 4.50. The fourth-order valence-corrected chi connectivity index (χ4v) is 4.50. The summed E-state index contributed by atoms with van der Waals surface area (Å²) >= 11 is 0. The van der Waals surface area contributed by atoms with Gasteiger partial charge in [-0.3, -0.25) is 0 Å². The third kappa shape index (κ3) is 4.51. The van der Waals surface area contributed by atoms with Gasteiger partial charge in [0.05, 0.1) is 0 Å². The molecule has 1 aromatic heterocycles. The Morgan fingerprint density at radius 1 is 0.697 bits per heavy atom. The maximum Gasteiger partial charge on any atom is 0.0167 e. The van der Waals surface area contributed by atoms with Gasteiger partial charge < -0.3 is 4.98 Å². The molecule has 0 saturated carbocycles. The average Bonchev–Trinajstić information content (AvgIpc) is 2.77. The van der Waals surface area contributed by atoms with Crippen LogP contribution in [0.2, 0.25) is 0 Å². The van der Waals surface area contributed by atoms with Gasteiger partial charge in [-0.1, -0.05) is 87.9 Å². The first-order valence-corrected chi connectivity index (χ1v) is 11.2. The zero-order valence-electron chi connectivity index (χ0n) is 19.8. The molecular weight excluding hydrogens is 579 g/mol. The van der Waals surface area contributed by atoms with Gasteiger partial charge in [0.2, 0.25) is 0 Å². The number of pyridine rings is 1. The molecule has 1 radical (unpaired) electrons. The van der Waals surface area contributed by atoms with Crippen molar-refractivity contribution in [2.45, 2.75) is 40.0 Å². The van der Waals surface area contributed by atoms with Crippen LogP contribution in [0.25, 0.3) is 43.9 Å². The number of nitrogens with zero attached hydrogens (tertiary/aromatic N) is 1. The van der Waals surface area contributed by atoms with E-state index in [0.717, 1.165) is 16.8 Å². The van der Waals surface area contributed by atoms with Crippen molar-refractivity contribution in [2.75, 3.05) is 0 Å². The minimum Gasteiger partial charge on any atom is -0.304 e. The molecule has 0 N–H and O–H groups in total. The van der Waals surface area contributed by atoms with Crippen LogP contribution < -0.4 is 0 Å². The molecule has 0 bridgehead atoms. The Kier molecular flexibility index (Phi) is 6.27. The van der Waals surface area contributed by atoms with E-state index in [4.69, 9.17) is 4.98 Å². The van der Waals surface area contributed by atoms with E-state index >= 15 is 0 Å². The number of aromatic nitrogens is 1. The number of hydrogen-bond donors (Lipinski definition) is 0. The summed E-state index contributed by atoms with van der Waals surface area (Å²) in [4.78, 5) is 4.79. The summed E-state index contributed by atoms with van der Waals surface area (Å²) in [6, 6.07) is 30.1. The van der Waals surface area contributed by atoms with Crippen molar-refractivity contribution < 1.29 is 20.1 Å². The fraction of sp³-hybridized carbons (Fsp3) is 0.194. The largest absolute Gasteiger partial charge is 0.304 e. The van der Waals surface area contributed by atoms with Gasteiger partial charge in [0.25, 0.3) is 0 Å². The molecule has 1 nitrogen and oxygen atoms in total. The van der Waals surface area contributed by atoms with Gasteiger partial charge in [-0.2, -0.15) is 0 Å². The van der Waals surface area contributed by atoms with Crippen LogP contribution in [0.5, 0.6) is 0 Å². The van der Waals surface area contributed by atoms with E-state index in [9.17, 15) is 0 Å². The number of benzene rings is 4. The maximum absolute atomic E-state index is 4.79. The van der Waals surface area contributed by atoms with Crippen molar-refractivity contribution in [1.82, 2.24) is 4.98 Å². The first-order valence-electron chi connectivity index (χ1n) is 11.2. The number of rotatable bonds is 2. The van der Waals surface area contributed by atoms with Crippen LogP contribution in [0.4, 0.5) is 0 Å². The molecule has 5 aromatic rings. The predicted molar refractivity (Wildman–Crippen MR) is 137 cm³/mol. The molecule has 33 heavy (non-hydrogen) atoms. The van der Waals surface area contributed by atoms with E-state index in [0.29, 0.717) is 0 Å². The van der Waals surface area contributed by atoms with Gasteiger partial charge in [-0.25, -0.2) is 0 Å². The van der Waals surface area contributed by atoms with Crippen LogP contribution in [0.1, 0.15) is 37.5 Å². The van der Waals surface area contributed by atoms with Gasteiger partial charge in [-0.15, -0.1) is 34.9 Å². The third-order valence-corrected chi connectivity index (χ3v) is 6.26. The van der Waals surface area contributed by atoms with Gasteiger partial charge in [0, 0.05) is 26.3 Å². The van der Waals surface area contributed by atoms with Crippen LogP contribution in [0.3, 0.4) is 0 Å². The maximum atomic E-state index is 4.79. The predicted octanol–water partition coefficient (Wildman–Crippen LogP) is 8.43. The zero-order valence-corrected chi connectivity index (χ0v) is 22.2. The molecule has 0 saturated heterocycles. The van der Waals surface area contributed by atoms with Crippen molar-refractivity contribution in [3.05, 3.63) is 102 Å². The Morgan fingerprint density at radius 2 is 1.42 bits per heavy atom. The van der Waals surface area contributed by atoms with E-state index in [2.05, 4.69) is 113 Å². The van der Waals surface area contributed by atoms with Crippen molar-refractivity contribution in [1.29, 1.82) is 0 Å². The molecular formula is C31H28IrN-. The minimum atomic E-state index is 0. The van der Waals surface area contributed by atoms with Crippen molar-refractivity contribution in [2.24, 2.45) is 0 Å². The second-order valence-corrected chi connectivity index (χ2v) is 9.84. The SMILES string of the molecule is Cc1[c-]c(-c2nccc3c2ccc2cc(C)ccc23)cc(-c2ccc(C(C)(C)C)cc2)c1.[Ir]. The molecule has 4 aromatic carbocycles. The standard InChI is InChI=1S/C31H28N.Ir/c1-20-6-12-27-23(16-20)9-13-29-28(27)14-15-32-30(29)25-18-21(2)17-24(19-25)22-7-10-26(11-8-22)31(3,4)5;/h6-17,19H,1-5H3;/q-1;. The smallest absolute Gasteiger partial charge is 0.0167 e. The molecule has 0 atom stereocenters. The molecule has 1 heterocycles. The van der Waals surface area contributed by atoms with Gasteiger partial charge in [0.15, 0.2) is 0 Å². The molecule has 0 amide bonds. The van der Waals surface area contributed by atoms with Gasteiger partial charge in [-0.05, 0) is 56.8 Å². The quantitative estimate of drug-likeness (QED) is 0.145. The minimum absolute atomic E-state index is 0. The first kappa shape index (κ1) is 23.4. The number of fused-ring (bicyclic) bond motifs is 3. The number of hydrogen-bond acceptors (Lipinski definition) is 1. The summed E-state index contributed by atoms with van der Waals surface area (Å²) in [5, 5.41) is 4.93. The van der Waals surface area contributed by atoms with Crippen LogP contribution in [0.15, 0.2) is 79.0 Å². The molecule has 0 aliphatic carbocycles. The van der Waals surface area contributed by atoms with E-state index in [1.807, 2.05) is 6.20 Å². The van der Waals surface area contributed by atoms with Gasteiger partial charge >= 0.3 is 0 Å². The van der Waals surface area contributed by atoms with E-state index in [-0.39, 0.29) is 25.5 Å². The molecule has 0 fully saturated rings. The summed E-state index contributed by atoms with van der Waals surface area (Å²) in [6.07, 6.45) is 1.92. The number of aryl methyl sites for hydroxylation is 2. The Hall–Kier alpha value is -2.80. The van der Waals surface area contributed by atoms with E-state index < -0.39 is 0 Å². The molecule has 0 unspecified atom stereocenters. The van der Waals surface area contributed by atoms with E-state index in [1.165, 1.54) is 43.8 Å². The summed E-state index contributed by atoms with van der Waals surface area (Å²) in [5.41, 5.74) is 8.34. The van der Waals surface area contributed by atoms with Crippen LogP contribution in [-0.2, 0) is 25.5 Å². The Bertz CT molecular complexity index is 1460. The molecule has 2 heteroatoms. The van der Waals surface area contributed by atoms with Crippen LogP contribution in [0, 0.1) is 19.9 Å². The molecule has 0 spiro atoms. The van der Waals surface area contributed by atoms with Crippen molar-refractivity contribution in [3.8, 4) is 22.4 Å². The van der Waals surface area contributed by atoms with Gasteiger partial charge in [0.1, 0.15) is 0 Å². The average molecular weight is 607 g/mol. The van der Waals surface area contributed by atoms with Crippen LogP contribution in [-0.4, -0.2) is 4.98 Å². The summed E-state index contributed by atoms with van der Waals surface area (Å²) in [7, 11) is 0. The van der Waals surface area contributed by atoms with Crippen molar-refractivity contribution in [3.63, 3.8) is 0 Å². The summed E-state index contributed by atoms with van der Waals surface area (Å²) in [5.74, 6) is 0. The molecule has 0 aliphatic heterocycles.